The molecule has 0 aliphatic rings. The molecule has 4 aromatic rings. The van der Waals surface area contributed by atoms with Crippen LogP contribution in [0.1, 0.15) is 16.2 Å². The van der Waals surface area contributed by atoms with Gasteiger partial charge in [0.15, 0.2) is 5.82 Å². The van der Waals surface area contributed by atoms with Gasteiger partial charge in [0.1, 0.15) is 0 Å². The number of halogens is 2. The molecule has 0 aliphatic heterocycles. The highest BCUT2D eigenvalue weighted by molar-refractivity contribution is 6.31. The van der Waals surface area contributed by atoms with Crippen molar-refractivity contribution in [1.82, 2.24) is 14.8 Å². The molecule has 1 amide bonds. The van der Waals surface area contributed by atoms with Gasteiger partial charge in [0, 0.05) is 21.3 Å². The highest BCUT2D eigenvalue weighted by Crippen LogP contribution is 2.25. The molecule has 5 nitrogen and oxygen atoms in total. The van der Waals surface area contributed by atoms with Gasteiger partial charge >= 0.3 is 0 Å². The number of amides is 1. The number of carbonyl (C=O) groups excluding carboxylic acids is 1. The lowest BCUT2D eigenvalue weighted by molar-refractivity contribution is 0.101. The van der Waals surface area contributed by atoms with Crippen molar-refractivity contribution < 1.29 is 4.79 Å². The topological polar surface area (TPSA) is 59.8 Å². The van der Waals surface area contributed by atoms with Crippen LogP contribution in [0.2, 0.25) is 10.0 Å². The fourth-order valence-corrected chi connectivity index (χ4v) is 3.10. The van der Waals surface area contributed by atoms with Gasteiger partial charge in [0.25, 0.3) is 5.91 Å². The van der Waals surface area contributed by atoms with Crippen LogP contribution >= 0.6 is 23.2 Å². The third kappa shape index (κ3) is 4.16. The zero-order valence-corrected chi connectivity index (χ0v) is 16.9. The molecule has 0 spiro atoms. The lowest BCUT2D eigenvalue weighted by atomic mass is 10.2. The molecule has 3 aromatic carbocycles. The number of hydrogen-bond donors (Lipinski definition) is 1. The fourth-order valence-electron chi connectivity index (χ4n) is 2.80. The number of anilines is 1. The Labute approximate surface area is 177 Å². The summed E-state index contributed by atoms with van der Waals surface area (Å²) in [6.45, 7) is 1.93. The van der Waals surface area contributed by atoms with Crippen molar-refractivity contribution in [3.8, 4) is 17.1 Å². The van der Waals surface area contributed by atoms with E-state index in [4.69, 9.17) is 23.2 Å². The van der Waals surface area contributed by atoms with Gasteiger partial charge < -0.3 is 5.32 Å². The average Bonchev–Trinajstić information content (AvgIpc) is 3.18. The number of nitrogens with one attached hydrogen (secondary N) is 1. The van der Waals surface area contributed by atoms with E-state index in [9.17, 15) is 4.79 Å². The zero-order valence-electron chi connectivity index (χ0n) is 15.4. The highest BCUT2D eigenvalue weighted by Gasteiger charge is 2.19. The molecule has 0 aliphatic carbocycles. The Bertz CT molecular complexity index is 1170. The van der Waals surface area contributed by atoms with E-state index in [1.807, 2.05) is 49.4 Å². The van der Waals surface area contributed by atoms with Crippen LogP contribution in [0.5, 0.6) is 0 Å². The summed E-state index contributed by atoms with van der Waals surface area (Å²) in [6, 6.07) is 22.0. The van der Waals surface area contributed by atoms with E-state index < -0.39 is 5.91 Å². The largest absolute Gasteiger partial charge is 0.319 e. The van der Waals surface area contributed by atoms with Crippen LogP contribution in [-0.2, 0) is 0 Å². The van der Waals surface area contributed by atoms with E-state index in [0.29, 0.717) is 21.6 Å². The summed E-state index contributed by atoms with van der Waals surface area (Å²) in [5.74, 6) is 0.184. The molecular formula is C22H16Cl2N4O. The number of aryl methyl sites for hydroxylation is 1. The Morgan fingerprint density at radius 2 is 1.69 bits per heavy atom. The van der Waals surface area contributed by atoms with Gasteiger partial charge in [-0.3, -0.25) is 4.79 Å². The summed E-state index contributed by atoms with van der Waals surface area (Å²) in [5, 5.41) is 8.44. The maximum absolute atomic E-state index is 12.7. The number of aromatic nitrogens is 3. The molecule has 0 radical (unpaired) electrons. The Hall–Kier alpha value is -3.15. The van der Waals surface area contributed by atoms with E-state index in [2.05, 4.69) is 15.4 Å². The Morgan fingerprint density at radius 1 is 0.966 bits per heavy atom. The first-order valence-corrected chi connectivity index (χ1v) is 9.63. The second-order valence-corrected chi connectivity index (χ2v) is 7.27. The van der Waals surface area contributed by atoms with Gasteiger partial charge in [-0.15, -0.1) is 5.10 Å². The normalized spacial score (nSPS) is 10.7. The van der Waals surface area contributed by atoms with E-state index in [1.54, 1.807) is 35.0 Å². The molecule has 0 saturated carbocycles. The Balaban J connectivity index is 1.75. The number of nitrogens with zero attached hydrogens (tertiary/aromatic N) is 3. The van der Waals surface area contributed by atoms with Gasteiger partial charge in [0.05, 0.1) is 5.69 Å². The molecule has 1 aromatic heterocycles. The minimum Gasteiger partial charge on any atom is -0.319 e. The van der Waals surface area contributed by atoms with Crippen molar-refractivity contribution in [1.29, 1.82) is 0 Å². The molecule has 144 valence electrons. The summed E-state index contributed by atoms with van der Waals surface area (Å²) < 4.78 is 1.62. The first kappa shape index (κ1) is 19.2. The molecule has 7 heteroatoms. The second-order valence-electron chi connectivity index (χ2n) is 6.43. The lowest BCUT2D eigenvalue weighted by Gasteiger charge is -2.07. The fraction of sp³-hybridized carbons (Fsp3) is 0.0455. The van der Waals surface area contributed by atoms with Crippen LogP contribution in [0.15, 0.2) is 72.8 Å². The minimum absolute atomic E-state index is 0.0514. The number of rotatable bonds is 4. The third-order valence-electron chi connectivity index (χ3n) is 4.34. The van der Waals surface area contributed by atoms with Crippen LogP contribution in [0.3, 0.4) is 0 Å². The second kappa shape index (κ2) is 8.07. The summed E-state index contributed by atoms with van der Waals surface area (Å²) in [5.41, 5.74) is 3.12. The first-order valence-electron chi connectivity index (χ1n) is 8.87. The molecular weight excluding hydrogens is 407 g/mol. The molecule has 0 atom stereocenters. The smallest absolute Gasteiger partial charge is 0.295 e. The predicted octanol–water partition coefficient (Wildman–Crippen LogP) is 5.80. The molecule has 4 rings (SSSR count). The van der Waals surface area contributed by atoms with E-state index in [-0.39, 0.29) is 5.82 Å². The molecule has 0 saturated heterocycles. The standard InChI is InChI=1S/C22H16Cl2N4O/c1-14-7-12-18(13-19(14)24)28-21(15-5-3-2-4-6-15)26-20(27-28)22(29)25-17-10-8-16(23)9-11-17/h2-13H,1H3,(H,25,29). The molecule has 0 fully saturated rings. The van der Waals surface area contributed by atoms with Crippen LogP contribution in [0, 0.1) is 6.92 Å². The van der Waals surface area contributed by atoms with Crippen LogP contribution in [-0.4, -0.2) is 20.7 Å². The van der Waals surface area contributed by atoms with Crippen molar-refractivity contribution in [3.05, 3.63) is 94.2 Å². The number of hydrogen-bond acceptors (Lipinski definition) is 3. The van der Waals surface area contributed by atoms with E-state index in [0.717, 1.165) is 16.8 Å². The number of benzene rings is 3. The summed E-state index contributed by atoms with van der Waals surface area (Å²) in [7, 11) is 0. The van der Waals surface area contributed by atoms with Crippen LogP contribution < -0.4 is 5.32 Å². The summed E-state index contributed by atoms with van der Waals surface area (Å²) in [4.78, 5) is 17.2. The third-order valence-corrected chi connectivity index (χ3v) is 5.00. The average molecular weight is 423 g/mol. The summed E-state index contributed by atoms with van der Waals surface area (Å²) in [6.07, 6.45) is 0. The predicted molar refractivity (Wildman–Crippen MR) is 116 cm³/mol. The highest BCUT2D eigenvalue weighted by atomic mass is 35.5. The van der Waals surface area contributed by atoms with Crippen molar-refractivity contribution in [3.63, 3.8) is 0 Å². The van der Waals surface area contributed by atoms with Gasteiger partial charge in [-0.25, -0.2) is 9.67 Å². The molecule has 0 bridgehead atoms. The monoisotopic (exact) mass is 422 g/mol. The zero-order chi connectivity index (χ0) is 20.4. The molecule has 0 unspecified atom stereocenters. The Kier molecular flexibility index (Phi) is 5.34. The van der Waals surface area contributed by atoms with Gasteiger partial charge in [-0.1, -0.05) is 59.6 Å². The first-order chi connectivity index (χ1) is 14.0. The minimum atomic E-state index is -0.415. The van der Waals surface area contributed by atoms with Crippen LogP contribution in [0.25, 0.3) is 17.1 Å². The molecule has 1 N–H and O–H groups in total. The van der Waals surface area contributed by atoms with Gasteiger partial charge in [-0.05, 0) is 48.9 Å². The van der Waals surface area contributed by atoms with Gasteiger partial charge in [0.2, 0.25) is 5.82 Å². The summed E-state index contributed by atoms with van der Waals surface area (Å²) >= 11 is 12.2. The quantitative estimate of drug-likeness (QED) is 0.451. The van der Waals surface area contributed by atoms with E-state index in [1.165, 1.54) is 0 Å². The lowest BCUT2D eigenvalue weighted by Crippen LogP contribution is -2.14. The maximum Gasteiger partial charge on any atom is 0.295 e. The Morgan fingerprint density at radius 3 is 2.38 bits per heavy atom. The van der Waals surface area contributed by atoms with E-state index >= 15 is 0 Å². The van der Waals surface area contributed by atoms with Crippen molar-refractivity contribution in [2.45, 2.75) is 6.92 Å². The SMILES string of the molecule is Cc1ccc(-n2nc(C(=O)Nc3ccc(Cl)cc3)nc2-c2ccccc2)cc1Cl. The number of carbonyl (C=O) groups is 1. The van der Waals surface area contributed by atoms with Crippen LogP contribution in [0.4, 0.5) is 5.69 Å². The van der Waals surface area contributed by atoms with Crippen molar-refractivity contribution in [2.24, 2.45) is 0 Å². The van der Waals surface area contributed by atoms with Crippen molar-refractivity contribution >= 4 is 34.8 Å². The van der Waals surface area contributed by atoms with Gasteiger partial charge in [-0.2, -0.15) is 0 Å². The molecule has 29 heavy (non-hydrogen) atoms. The molecule has 1 heterocycles. The maximum atomic E-state index is 12.7. The van der Waals surface area contributed by atoms with Crippen molar-refractivity contribution in [2.75, 3.05) is 5.32 Å².